The van der Waals surface area contributed by atoms with E-state index in [-0.39, 0.29) is 0 Å². The standard InChI is InChI=1S/C15H18N2O/c1-16-8-12-4-5-13-9-17(10-14(13)7-12)11-15-3-2-6-18-15/h2-7,16H,8-11H2,1H3. The summed E-state index contributed by atoms with van der Waals surface area (Å²) >= 11 is 0. The lowest BCUT2D eigenvalue weighted by atomic mass is 10.1. The molecule has 2 heterocycles. The first-order valence-electron chi connectivity index (χ1n) is 6.35. The molecule has 94 valence electrons. The van der Waals surface area contributed by atoms with Crippen molar-refractivity contribution in [2.24, 2.45) is 0 Å². The first-order chi connectivity index (χ1) is 8.85. The van der Waals surface area contributed by atoms with Gasteiger partial charge in [0.05, 0.1) is 12.8 Å². The summed E-state index contributed by atoms with van der Waals surface area (Å²) < 4.78 is 5.40. The second-order valence-electron chi connectivity index (χ2n) is 4.86. The minimum absolute atomic E-state index is 0.892. The van der Waals surface area contributed by atoms with Crippen molar-refractivity contribution in [3.05, 3.63) is 59.0 Å². The van der Waals surface area contributed by atoms with E-state index in [1.165, 1.54) is 16.7 Å². The highest BCUT2D eigenvalue weighted by atomic mass is 16.3. The van der Waals surface area contributed by atoms with Crippen LogP contribution in [0, 0.1) is 0 Å². The average Bonchev–Trinajstić information content (AvgIpc) is 2.98. The average molecular weight is 242 g/mol. The van der Waals surface area contributed by atoms with E-state index in [0.29, 0.717) is 0 Å². The Bertz CT molecular complexity index is 519. The third kappa shape index (κ3) is 2.33. The number of hydrogen-bond donors (Lipinski definition) is 1. The fourth-order valence-corrected chi connectivity index (χ4v) is 2.57. The third-order valence-electron chi connectivity index (χ3n) is 3.40. The normalized spacial score (nSPS) is 14.9. The van der Waals surface area contributed by atoms with E-state index < -0.39 is 0 Å². The maximum atomic E-state index is 5.40. The molecule has 0 unspecified atom stereocenters. The van der Waals surface area contributed by atoms with E-state index in [9.17, 15) is 0 Å². The summed E-state index contributed by atoms with van der Waals surface area (Å²) in [7, 11) is 1.98. The zero-order valence-electron chi connectivity index (χ0n) is 10.6. The van der Waals surface area contributed by atoms with Crippen LogP contribution in [0.4, 0.5) is 0 Å². The van der Waals surface area contributed by atoms with Gasteiger partial charge in [0.2, 0.25) is 0 Å². The number of furan rings is 1. The van der Waals surface area contributed by atoms with Gasteiger partial charge in [0.1, 0.15) is 5.76 Å². The molecule has 1 N–H and O–H groups in total. The smallest absolute Gasteiger partial charge is 0.117 e. The Balaban J connectivity index is 1.71. The topological polar surface area (TPSA) is 28.4 Å². The molecular weight excluding hydrogens is 224 g/mol. The molecule has 0 saturated carbocycles. The number of fused-ring (bicyclic) bond motifs is 1. The summed E-state index contributed by atoms with van der Waals surface area (Å²) in [6.45, 7) is 3.87. The maximum absolute atomic E-state index is 5.40. The van der Waals surface area contributed by atoms with Gasteiger partial charge in [-0.1, -0.05) is 18.2 Å². The number of nitrogens with zero attached hydrogens (tertiary/aromatic N) is 1. The van der Waals surface area contributed by atoms with E-state index in [2.05, 4.69) is 28.4 Å². The lowest BCUT2D eigenvalue weighted by Crippen LogP contribution is -2.14. The van der Waals surface area contributed by atoms with Gasteiger partial charge in [0.25, 0.3) is 0 Å². The first kappa shape index (κ1) is 11.5. The lowest BCUT2D eigenvalue weighted by molar-refractivity contribution is 0.251. The van der Waals surface area contributed by atoms with E-state index in [1.54, 1.807) is 6.26 Å². The molecule has 0 bridgehead atoms. The second-order valence-corrected chi connectivity index (χ2v) is 4.86. The van der Waals surface area contributed by atoms with Gasteiger partial charge in [-0.3, -0.25) is 4.90 Å². The molecule has 1 aromatic heterocycles. The monoisotopic (exact) mass is 242 g/mol. The van der Waals surface area contributed by atoms with Gasteiger partial charge in [-0.15, -0.1) is 0 Å². The Labute approximate surface area is 107 Å². The molecule has 0 saturated heterocycles. The highest BCUT2D eigenvalue weighted by molar-refractivity contribution is 5.34. The van der Waals surface area contributed by atoms with E-state index in [0.717, 1.165) is 31.9 Å². The molecule has 0 radical (unpaired) electrons. The molecule has 0 atom stereocenters. The molecule has 1 aliphatic rings. The molecular formula is C15H18N2O. The molecule has 0 fully saturated rings. The van der Waals surface area contributed by atoms with Crippen molar-refractivity contribution < 1.29 is 4.42 Å². The Morgan fingerprint density at radius 3 is 2.89 bits per heavy atom. The van der Waals surface area contributed by atoms with Crippen molar-refractivity contribution >= 4 is 0 Å². The summed E-state index contributed by atoms with van der Waals surface area (Å²) in [4.78, 5) is 2.41. The molecule has 3 rings (SSSR count). The molecule has 0 aliphatic carbocycles. The molecule has 3 nitrogen and oxygen atoms in total. The van der Waals surface area contributed by atoms with Crippen LogP contribution >= 0.6 is 0 Å². The Hall–Kier alpha value is -1.58. The summed E-state index contributed by atoms with van der Waals surface area (Å²) in [5, 5.41) is 3.19. The third-order valence-corrected chi connectivity index (χ3v) is 3.40. The zero-order valence-corrected chi connectivity index (χ0v) is 10.6. The molecule has 18 heavy (non-hydrogen) atoms. The first-order valence-corrected chi connectivity index (χ1v) is 6.35. The zero-order chi connectivity index (χ0) is 12.4. The number of rotatable bonds is 4. The number of hydrogen-bond acceptors (Lipinski definition) is 3. The molecule has 1 aromatic carbocycles. The van der Waals surface area contributed by atoms with Crippen LogP contribution in [0.1, 0.15) is 22.5 Å². The Kier molecular flexibility index (Phi) is 3.17. The van der Waals surface area contributed by atoms with Crippen molar-refractivity contribution in [3.8, 4) is 0 Å². The van der Waals surface area contributed by atoms with Crippen molar-refractivity contribution in [2.75, 3.05) is 7.05 Å². The van der Waals surface area contributed by atoms with Crippen molar-refractivity contribution in [2.45, 2.75) is 26.2 Å². The molecule has 0 amide bonds. The van der Waals surface area contributed by atoms with Crippen LogP contribution < -0.4 is 5.32 Å². The minimum Gasteiger partial charge on any atom is -0.468 e. The molecule has 1 aliphatic heterocycles. The van der Waals surface area contributed by atoms with Gasteiger partial charge in [-0.05, 0) is 35.9 Å². The van der Waals surface area contributed by atoms with E-state index in [1.807, 2.05) is 19.2 Å². The fourth-order valence-electron chi connectivity index (χ4n) is 2.57. The van der Waals surface area contributed by atoms with Crippen LogP contribution in [0.3, 0.4) is 0 Å². The second kappa shape index (κ2) is 4.96. The minimum atomic E-state index is 0.892. The van der Waals surface area contributed by atoms with Crippen molar-refractivity contribution in [1.82, 2.24) is 10.2 Å². The Morgan fingerprint density at radius 1 is 1.22 bits per heavy atom. The highest BCUT2D eigenvalue weighted by Gasteiger charge is 2.19. The Morgan fingerprint density at radius 2 is 2.11 bits per heavy atom. The van der Waals surface area contributed by atoms with Crippen molar-refractivity contribution in [1.29, 1.82) is 0 Å². The summed E-state index contributed by atoms with van der Waals surface area (Å²) in [6.07, 6.45) is 1.74. The van der Waals surface area contributed by atoms with Crippen molar-refractivity contribution in [3.63, 3.8) is 0 Å². The molecule has 2 aromatic rings. The fraction of sp³-hybridized carbons (Fsp3) is 0.333. The predicted molar refractivity (Wildman–Crippen MR) is 70.9 cm³/mol. The lowest BCUT2D eigenvalue weighted by Gasteiger charge is -2.12. The van der Waals surface area contributed by atoms with Crippen LogP contribution in [0.5, 0.6) is 0 Å². The van der Waals surface area contributed by atoms with Gasteiger partial charge in [0.15, 0.2) is 0 Å². The van der Waals surface area contributed by atoms with Gasteiger partial charge in [-0.25, -0.2) is 0 Å². The number of nitrogens with one attached hydrogen (secondary N) is 1. The number of benzene rings is 1. The van der Waals surface area contributed by atoms with Crippen LogP contribution in [0.25, 0.3) is 0 Å². The summed E-state index contributed by atoms with van der Waals surface area (Å²) in [5.41, 5.74) is 4.26. The summed E-state index contributed by atoms with van der Waals surface area (Å²) in [6, 6.07) is 10.8. The van der Waals surface area contributed by atoms with Gasteiger partial charge in [-0.2, -0.15) is 0 Å². The quantitative estimate of drug-likeness (QED) is 0.893. The highest BCUT2D eigenvalue weighted by Crippen LogP contribution is 2.25. The van der Waals surface area contributed by atoms with Gasteiger partial charge >= 0.3 is 0 Å². The predicted octanol–water partition coefficient (Wildman–Crippen LogP) is 2.51. The maximum Gasteiger partial charge on any atom is 0.117 e. The van der Waals surface area contributed by atoms with Gasteiger partial charge in [0, 0.05) is 19.6 Å². The van der Waals surface area contributed by atoms with E-state index in [4.69, 9.17) is 4.42 Å². The van der Waals surface area contributed by atoms with Crippen LogP contribution in [-0.4, -0.2) is 11.9 Å². The summed E-state index contributed by atoms with van der Waals surface area (Å²) in [5.74, 6) is 1.04. The van der Waals surface area contributed by atoms with Crippen LogP contribution in [-0.2, 0) is 26.2 Å². The SMILES string of the molecule is CNCc1ccc2c(c1)CN(Cc1ccco1)C2. The molecule has 0 spiro atoms. The van der Waals surface area contributed by atoms with Gasteiger partial charge < -0.3 is 9.73 Å². The molecule has 3 heteroatoms. The van der Waals surface area contributed by atoms with Crippen LogP contribution in [0.15, 0.2) is 41.0 Å². The van der Waals surface area contributed by atoms with E-state index >= 15 is 0 Å². The van der Waals surface area contributed by atoms with Crippen LogP contribution in [0.2, 0.25) is 0 Å². The largest absolute Gasteiger partial charge is 0.468 e.